The lowest BCUT2D eigenvalue weighted by atomic mass is 10.0. The van der Waals surface area contributed by atoms with Gasteiger partial charge in [-0.1, -0.05) is 28.6 Å². The van der Waals surface area contributed by atoms with E-state index in [0.717, 1.165) is 51.9 Å². The molecule has 5 atom stereocenters. The first-order valence-electron chi connectivity index (χ1n) is 14.6. The van der Waals surface area contributed by atoms with Gasteiger partial charge < -0.3 is 23.6 Å². The van der Waals surface area contributed by atoms with Crippen LogP contribution < -0.4 is 9.64 Å². The van der Waals surface area contributed by atoms with E-state index in [1.54, 1.807) is 29.5 Å². The Morgan fingerprint density at radius 3 is 2.77 bits per heavy atom. The maximum Gasteiger partial charge on any atom is 0.573 e. The minimum atomic E-state index is -4.83. The summed E-state index contributed by atoms with van der Waals surface area (Å²) in [5.41, 5.74) is 2.57. The van der Waals surface area contributed by atoms with Crippen LogP contribution in [0.5, 0.6) is 5.75 Å². The van der Waals surface area contributed by atoms with Crippen LogP contribution in [0.2, 0.25) is 0 Å². The van der Waals surface area contributed by atoms with Crippen LogP contribution in [0, 0.1) is 11.8 Å². The molecule has 2 aromatic carbocycles. The van der Waals surface area contributed by atoms with Gasteiger partial charge in [0, 0.05) is 39.5 Å². The van der Waals surface area contributed by atoms with Crippen molar-refractivity contribution in [3.63, 3.8) is 0 Å². The van der Waals surface area contributed by atoms with E-state index in [4.69, 9.17) is 19.0 Å². The number of halogens is 4. The smallest absolute Gasteiger partial charge is 0.465 e. The Balaban J connectivity index is 1.03. The number of aromatic nitrogens is 2. The Bertz CT molecular complexity index is 1770. The molecule has 8 nitrogen and oxygen atoms in total. The number of piperidine rings is 1. The van der Waals surface area contributed by atoms with Gasteiger partial charge in [0.2, 0.25) is 0 Å². The molecule has 2 saturated heterocycles. The van der Waals surface area contributed by atoms with Crippen molar-refractivity contribution < 1.29 is 36.7 Å². The number of carbonyl (C=O) groups is 1. The van der Waals surface area contributed by atoms with E-state index in [2.05, 4.69) is 30.7 Å². The molecule has 2 saturated carbocycles. The Kier molecular flexibility index (Phi) is 6.73. The number of hydrogen-bond acceptors (Lipinski definition) is 9. The van der Waals surface area contributed by atoms with Gasteiger partial charge in [-0.25, -0.2) is 9.78 Å². The summed E-state index contributed by atoms with van der Waals surface area (Å²) in [7, 11) is 1.37. The van der Waals surface area contributed by atoms with Crippen molar-refractivity contribution in [2.45, 2.75) is 69.2 Å². The van der Waals surface area contributed by atoms with Crippen molar-refractivity contribution >= 4 is 48.6 Å². The highest BCUT2D eigenvalue weighted by molar-refractivity contribution is 9.10. The zero-order valence-electron chi connectivity index (χ0n) is 23.5. The highest BCUT2D eigenvalue weighted by atomic mass is 79.9. The van der Waals surface area contributed by atoms with E-state index in [9.17, 15) is 18.0 Å². The molecule has 2 bridgehead atoms. The summed E-state index contributed by atoms with van der Waals surface area (Å²) in [4.78, 5) is 19.6. The van der Waals surface area contributed by atoms with Crippen molar-refractivity contribution in [1.29, 1.82) is 0 Å². The lowest BCUT2D eigenvalue weighted by molar-refractivity contribution is -0.274. The fourth-order valence-corrected chi connectivity index (χ4v) is 9.09. The average molecular weight is 691 g/mol. The minimum Gasteiger partial charge on any atom is -0.465 e. The van der Waals surface area contributed by atoms with Gasteiger partial charge in [-0.05, 0) is 78.2 Å². The minimum absolute atomic E-state index is 0.0383. The van der Waals surface area contributed by atoms with Crippen molar-refractivity contribution in [1.82, 2.24) is 10.1 Å². The topological polar surface area (TPSA) is 86.9 Å². The van der Waals surface area contributed by atoms with E-state index >= 15 is 0 Å². The number of alkyl halides is 3. The maximum absolute atomic E-state index is 13.2. The van der Waals surface area contributed by atoms with Gasteiger partial charge in [-0.2, -0.15) is 0 Å². The van der Waals surface area contributed by atoms with Gasteiger partial charge in [0.15, 0.2) is 5.13 Å². The SMILES string of the molecule is COC(=O)c1cc(Br)c2nc(N3C4CCC3C3C(C4)C3OCc3c(-c4ccccc4OC(F)(F)F)noc3C3CC3)sc2c1. The van der Waals surface area contributed by atoms with Crippen molar-refractivity contribution in [2.24, 2.45) is 11.8 Å². The molecule has 4 heterocycles. The summed E-state index contributed by atoms with van der Waals surface area (Å²) in [5.74, 6) is 0.953. The Labute approximate surface area is 262 Å². The monoisotopic (exact) mass is 689 g/mol. The highest BCUT2D eigenvalue weighted by Gasteiger charge is 2.63. The molecular weight excluding hydrogens is 663 g/mol. The van der Waals surface area contributed by atoms with E-state index in [0.29, 0.717) is 40.5 Å². The molecule has 4 fully saturated rings. The van der Waals surface area contributed by atoms with Crippen LogP contribution in [0.1, 0.15) is 59.7 Å². The van der Waals surface area contributed by atoms with Crippen LogP contribution in [-0.2, 0) is 16.1 Å². The number of fused-ring (bicyclic) bond motifs is 5. The van der Waals surface area contributed by atoms with E-state index in [-0.39, 0.29) is 36.0 Å². The van der Waals surface area contributed by atoms with Gasteiger partial charge in [0.05, 0.1) is 35.6 Å². The molecule has 8 rings (SSSR count). The molecule has 230 valence electrons. The second-order valence-corrected chi connectivity index (χ2v) is 13.8. The number of nitrogens with zero attached hydrogens (tertiary/aromatic N) is 3. The van der Waals surface area contributed by atoms with Crippen molar-refractivity contribution in [3.05, 3.63) is 57.8 Å². The predicted octanol–water partition coefficient (Wildman–Crippen LogP) is 7.85. The summed E-state index contributed by atoms with van der Waals surface area (Å²) >= 11 is 5.16. The standard InChI is InChI=1S/C31H27BrF3N3O5S/c1-40-29(39)15-10-20(32)26-23(11-15)44-30(36-26)38-16-8-9-21(38)24-18(12-16)28(24)41-13-19-25(37-43-27(19)14-6-7-14)17-4-2-3-5-22(17)42-31(33,34)35/h2-5,10-11,14,16,18,21,24,28H,6-9,12-13H2,1H3. The number of thiazole rings is 1. The Morgan fingerprint density at radius 1 is 1.18 bits per heavy atom. The largest absolute Gasteiger partial charge is 0.573 e. The quantitative estimate of drug-likeness (QED) is 0.173. The average Bonchev–Trinajstić information content (AvgIpc) is 3.82. The molecule has 5 unspecified atom stereocenters. The van der Waals surface area contributed by atoms with Crippen LogP contribution in [-0.4, -0.2) is 47.8 Å². The van der Waals surface area contributed by atoms with E-state index < -0.39 is 12.3 Å². The van der Waals surface area contributed by atoms with Crippen molar-refractivity contribution in [3.8, 4) is 17.0 Å². The molecular formula is C31H27BrF3N3O5S. The number of rotatable bonds is 8. The molecule has 0 N–H and O–H groups in total. The first kappa shape index (κ1) is 28.3. The number of benzene rings is 2. The van der Waals surface area contributed by atoms with Crippen molar-refractivity contribution in [2.75, 3.05) is 12.0 Å². The third-order valence-corrected chi connectivity index (χ3v) is 10.9. The maximum atomic E-state index is 13.2. The van der Waals surface area contributed by atoms with Gasteiger partial charge in [0.1, 0.15) is 17.2 Å². The Morgan fingerprint density at radius 2 is 2.00 bits per heavy atom. The molecule has 44 heavy (non-hydrogen) atoms. The number of para-hydroxylation sites is 1. The van der Waals surface area contributed by atoms with Gasteiger partial charge in [-0.15, -0.1) is 13.2 Å². The third-order valence-electron chi connectivity index (χ3n) is 9.32. The first-order valence-corrected chi connectivity index (χ1v) is 16.2. The molecule has 2 aliphatic heterocycles. The number of carbonyl (C=O) groups excluding carboxylic acids is 1. The summed E-state index contributed by atoms with van der Waals surface area (Å²) in [6, 6.07) is 10.2. The van der Waals surface area contributed by atoms with Crippen LogP contribution in [0.15, 0.2) is 45.4 Å². The molecule has 0 spiro atoms. The zero-order valence-corrected chi connectivity index (χ0v) is 25.9. The molecule has 2 aromatic heterocycles. The summed E-state index contributed by atoms with van der Waals surface area (Å²) in [6.07, 6.45) is 0.246. The lowest BCUT2D eigenvalue weighted by Gasteiger charge is -2.33. The zero-order chi connectivity index (χ0) is 30.3. The third kappa shape index (κ3) is 4.87. The Hall–Kier alpha value is -3.16. The summed E-state index contributed by atoms with van der Waals surface area (Å²) in [6.45, 7) is 0.213. The van der Waals surface area contributed by atoms with Crippen LogP contribution in [0.3, 0.4) is 0 Å². The van der Waals surface area contributed by atoms with Gasteiger partial charge >= 0.3 is 12.3 Å². The lowest BCUT2D eigenvalue weighted by Crippen LogP contribution is -2.41. The van der Waals surface area contributed by atoms with E-state index in [1.807, 2.05) is 6.07 Å². The van der Waals surface area contributed by atoms with Gasteiger partial charge in [-0.3, -0.25) is 0 Å². The number of esters is 1. The van der Waals surface area contributed by atoms with E-state index in [1.165, 1.54) is 19.2 Å². The number of methoxy groups -OCH3 is 1. The predicted molar refractivity (Wildman–Crippen MR) is 159 cm³/mol. The number of anilines is 1. The molecule has 4 aromatic rings. The fourth-order valence-electron chi connectivity index (χ4n) is 7.25. The van der Waals surface area contributed by atoms with Crippen LogP contribution in [0.25, 0.3) is 21.5 Å². The summed E-state index contributed by atoms with van der Waals surface area (Å²) in [5, 5.41) is 5.16. The second kappa shape index (κ2) is 10.4. The van der Waals surface area contributed by atoms with Crippen LogP contribution in [0.4, 0.5) is 18.3 Å². The van der Waals surface area contributed by atoms with Crippen LogP contribution >= 0.6 is 27.3 Å². The fraction of sp³-hybridized carbons (Fsp3) is 0.452. The first-order chi connectivity index (χ1) is 21.2. The molecule has 2 aliphatic carbocycles. The normalized spacial score (nSPS) is 25.8. The molecule has 4 aliphatic rings. The second-order valence-electron chi connectivity index (χ2n) is 11.9. The molecule has 13 heteroatoms. The number of ether oxygens (including phenoxy) is 3. The summed E-state index contributed by atoms with van der Waals surface area (Å²) < 4.78 is 62.7. The molecule has 0 amide bonds. The molecule has 0 radical (unpaired) electrons. The number of hydrogen-bond donors (Lipinski definition) is 0. The van der Waals surface area contributed by atoms with Gasteiger partial charge in [0.25, 0.3) is 0 Å². The highest BCUT2D eigenvalue weighted by Crippen LogP contribution is 2.59.